The lowest BCUT2D eigenvalue weighted by Crippen LogP contribution is -2.42. The molecule has 0 spiro atoms. The molecule has 4 rings (SSSR count). The fourth-order valence-electron chi connectivity index (χ4n) is 4.07. The van der Waals surface area contributed by atoms with Gasteiger partial charge in [0.15, 0.2) is 11.6 Å². The number of esters is 1. The second-order valence-electron chi connectivity index (χ2n) is 7.45. The minimum atomic E-state index is -0.755. The van der Waals surface area contributed by atoms with E-state index >= 15 is 0 Å². The van der Waals surface area contributed by atoms with E-state index in [-0.39, 0.29) is 31.0 Å². The van der Waals surface area contributed by atoms with E-state index in [2.05, 4.69) is 0 Å². The molecule has 1 aliphatic heterocycles. The van der Waals surface area contributed by atoms with Gasteiger partial charge in [-0.15, -0.1) is 0 Å². The number of para-hydroxylation sites is 2. The maximum absolute atomic E-state index is 14.0. The van der Waals surface area contributed by atoms with Gasteiger partial charge in [-0.25, -0.2) is 9.18 Å². The zero-order chi connectivity index (χ0) is 21.3. The Morgan fingerprint density at radius 3 is 2.63 bits per heavy atom. The molecular weight excluding hydrogens is 387 g/mol. The predicted molar refractivity (Wildman–Crippen MR) is 110 cm³/mol. The van der Waals surface area contributed by atoms with Gasteiger partial charge in [0.25, 0.3) is 0 Å². The second kappa shape index (κ2) is 8.18. The van der Waals surface area contributed by atoms with Crippen LogP contribution >= 0.6 is 0 Å². The van der Waals surface area contributed by atoms with Crippen LogP contribution in [0.2, 0.25) is 0 Å². The van der Waals surface area contributed by atoms with Crippen LogP contribution in [-0.2, 0) is 27.8 Å². The van der Waals surface area contributed by atoms with Crippen molar-refractivity contribution >= 4 is 22.8 Å². The van der Waals surface area contributed by atoms with E-state index < -0.39 is 23.9 Å². The topological polar surface area (TPSA) is 60.8 Å². The van der Waals surface area contributed by atoms with Crippen LogP contribution in [0.5, 0.6) is 5.75 Å². The van der Waals surface area contributed by atoms with Crippen LogP contribution < -0.4 is 4.74 Å². The Morgan fingerprint density at radius 2 is 1.87 bits per heavy atom. The van der Waals surface area contributed by atoms with Crippen LogP contribution in [0.25, 0.3) is 10.9 Å². The molecule has 7 heteroatoms. The highest BCUT2D eigenvalue weighted by Gasteiger charge is 2.41. The molecule has 0 bridgehead atoms. The summed E-state index contributed by atoms with van der Waals surface area (Å²) in [6, 6.07) is 13.2. The number of nitrogens with zero attached hydrogens (tertiary/aromatic N) is 2. The summed E-state index contributed by atoms with van der Waals surface area (Å²) in [7, 11) is 3.22. The summed E-state index contributed by atoms with van der Waals surface area (Å²) in [5.41, 5.74) is 1.92. The highest BCUT2D eigenvalue weighted by atomic mass is 19.1. The third-order valence-corrected chi connectivity index (χ3v) is 5.51. The zero-order valence-electron chi connectivity index (χ0n) is 16.9. The molecular formula is C23H23FN2O4. The van der Waals surface area contributed by atoms with Crippen molar-refractivity contribution in [1.29, 1.82) is 0 Å². The van der Waals surface area contributed by atoms with E-state index in [1.54, 1.807) is 12.1 Å². The minimum Gasteiger partial charge on any atom is -0.485 e. The molecule has 1 saturated heterocycles. The van der Waals surface area contributed by atoms with Crippen LogP contribution in [0.1, 0.15) is 12.0 Å². The van der Waals surface area contributed by atoms with Gasteiger partial charge in [0.2, 0.25) is 5.91 Å². The van der Waals surface area contributed by atoms with Gasteiger partial charge in [0.1, 0.15) is 12.1 Å². The first kappa shape index (κ1) is 19.9. The largest absolute Gasteiger partial charge is 0.485 e. The number of rotatable bonds is 5. The molecule has 30 heavy (non-hydrogen) atoms. The van der Waals surface area contributed by atoms with Crippen LogP contribution in [0, 0.1) is 5.82 Å². The maximum Gasteiger partial charge on any atom is 0.328 e. The van der Waals surface area contributed by atoms with E-state index in [1.807, 2.05) is 42.1 Å². The number of likely N-dealkylation sites (tertiary alicyclic amines) is 1. The number of aromatic nitrogens is 1. The first-order chi connectivity index (χ1) is 14.5. The summed E-state index contributed by atoms with van der Waals surface area (Å²) in [5.74, 6) is -1.07. The van der Waals surface area contributed by atoms with E-state index in [4.69, 9.17) is 9.47 Å². The van der Waals surface area contributed by atoms with Crippen molar-refractivity contribution in [3.63, 3.8) is 0 Å². The number of halogens is 1. The number of aryl methyl sites for hydroxylation is 1. The number of hydrogen-bond acceptors (Lipinski definition) is 4. The fraction of sp³-hybridized carbons (Fsp3) is 0.304. The van der Waals surface area contributed by atoms with Crippen molar-refractivity contribution in [1.82, 2.24) is 9.47 Å². The van der Waals surface area contributed by atoms with Gasteiger partial charge < -0.3 is 18.9 Å². The molecule has 2 atom stereocenters. The molecule has 0 aliphatic carbocycles. The van der Waals surface area contributed by atoms with Gasteiger partial charge in [-0.05, 0) is 23.8 Å². The number of hydrogen-bond donors (Lipinski definition) is 0. The van der Waals surface area contributed by atoms with Crippen LogP contribution in [0.4, 0.5) is 4.39 Å². The van der Waals surface area contributed by atoms with Crippen LogP contribution in [-0.4, -0.2) is 47.1 Å². The molecule has 156 valence electrons. The molecule has 6 nitrogen and oxygen atoms in total. The summed E-state index contributed by atoms with van der Waals surface area (Å²) in [6.45, 7) is 0.192. The molecule has 0 N–H and O–H groups in total. The summed E-state index contributed by atoms with van der Waals surface area (Å²) in [6.07, 6.45) is 1.84. The standard InChI is InChI=1S/C23H23FN2O4/c1-25-13-15(17-7-3-5-9-19(17)25)11-22(27)26-14-16(12-20(26)23(28)29-2)30-21-10-6-4-8-18(21)24/h3-10,13,16,20H,11-12,14H2,1-2H3. The van der Waals surface area contributed by atoms with Crippen LogP contribution in [0.3, 0.4) is 0 Å². The Labute approximate surface area is 173 Å². The summed E-state index contributed by atoms with van der Waals surface area (Å²) in [4.78, 5) is 26.9. The fourth-order valence-corrected chi connectivity index (χ4v) is 4.07. The predicted octanol–water partition coefficient (Wildman–Crippen LogP) is 3.08. The zero-order valence-corrected chi connectivity index (χ0v) is 16.9. The van der Waals surface area contributed by atoms with Crippen LogP contribution in [0.15, 0.2) is 54.7 Å². The molecule has 1 aromatic heterocycles. The van der Waals surface area contributed by atoms with Gasteiger partial charge in [-0.2, -0.15) is 0 Å². The molecule has 1 amide bonds. The summed E-state index contributed by atoms with van der Waals surface area (Å²) in [5, 5.41) is 1.00. The molecule has 3 aromatic rings. The molecule has 0 radical (unpaired) electrons. The molecule has 0 saturated carbocycles. The molecule has 2 aromatic carbocycles. The third-order valence-electron chi connectivity index (χ3n) is 5.51. The molecule has 1 fully saturated rings. The average Bonchev–Trinajstić information content (AvgIpc) is 3.31. The van der Waals surface area contributed by atoms with E-state index in [9.17, 15) is 14.0 Å². The second-order valence-corrected chi connectivity index (χ2v) is 7.45. The third kappa shape index (κ3) is 3.75. The molecule has 1 aliphatic rings. The highest BCUT2D eigenvalue weighted by molar-refractivity contribution is 5.91. The number of amides is 1. The lowest BCUT2D eigenvalue weighted by molar-refractivity contribution is -0.150. The molecule has 2 heterocycles. The maximum atomic E-state index is 14.0. The van der Waals surface area contributed by atoms with Gasteiger partial charge in [0.05, 0.1) is 20.1 Å². The Morgan fingerprint density at radius 1 is 1.13 bits per heavy atom. The van der Waals surface area contributed by atoms with Gasteiger partial charge >= 0.3 is 5.97 Å². The SMILES string of the molecule is COC(=O)C1CC(Oc2ccccc2F)CN1C(=O)Cc1cn(C)c2ccccc12. The lowest BCUT2D eigenvalue weighted by Gasteiger charge is -2.22. The van der Waals surface area contributed by atoms with E-state index in [0.717, 1.165) is 16.5 Å². The number of carbonyl (C=O) groups is 2. The first-order valence-electron chi connectivity index (χ1n) is 9.79. The Balaban J connectivity index is 1.55. The lowest BCUT2D eigenvalue weighted by atomic mass is 10.1. The first-order valence-corrected chi connectivity index (χ1v) is 9.79. The summed E-state index contributed by atoms with van der Waals surface area (Å²) < 4.78 is 26.6. The van der Waals surface area contributed by atoms with Crippen molar-refractivity contribution in [3.05, 3.63) is 66.1 Å². The van der Waals surface area contributed by atoms with E-state index in [0.29, 0.717) is 0 Å². The monoisotopic (exact) mass is 410 g/mol. The number of benzene rings is 2. The normalized spacial score (nSPS) is 18.6. The average molecular weight is 410 g/mol. The number of carbonyl (C=O) groups excluding carboxylic acids is 2. The van der Waals surface area contributed by atoms with Gasteiger partial charge in [-0.1, -0.05) is 30.3 Å². The minimum absolute atomic E-state index is 0.106. The van der Waals surface area contributed by atoms with Crippen molar-refractivity contribution in [3.8, 4) is 5.75 Å². The van der Waals surface area contributed by atoms with Crippen molar-refractivity contribution in [2.75, 3.05) is 13.7 Å². The Kier molecular flexibility index (Phi) is 5.44. The smallest absolute Gasteiger partial charge is 0.328 e. The Bertz CT molecular complexity index is 1090. The van der Waals surface area contributed by atoms with Crippen molar-refractivity contribution in [2.24, 2.45) is 7.05 Å². The Hall–Kier alpha value is -3.35. The van der Waals surface area contributed by atoms with Gasteiger partial charge in [-0.3, -0.25) is 4.79 Å². The number of methoxy groups -OCH3 is 1. The molecule has 2 unspecified atom stereocenters. The quantitative estimate of drug-likeness (QED) is 0.607. The number of fused-ring (bicyclic) bond motifs is 1. The summed E-state index contributed by atoms with van der Waals surface area (Å²) >= 11 is 0. The van der Waals surface area contributed by atoms with E-state index in [1.165, 1.54) is 24.1 Å². The van der Waals surface area contributed by atoms with Crippen molar-refractivity contribution < 1.29 is 23.5 Å². The van der Waals surface area contributed by atoms with Gasteiger partial charge in [0, 0.05) is 30.6 Å². The highest BCUT2D eigenvalue weighted by Crippen LogP contribution is 2.27. The van der Waals surface area contributed by atoms with Crippen molar-refractivity contribution in [2.45, 2.75) is 25.0 Å². The number of ether oxygens (including phenoxy) is 2.